The van der Waals surface area contributed by atoms with E-state index in [1.807, 2.05) is 4.90 Å². The van der Waals surface area contributed by atoms with Gasteiger partial charge in [-0.3, -0.25) is 5.92 Å². The van der Waals surface area contributed by atoms with Crippen molar-refractivity contribution in [1.29, 1.82) is 0 Å². The second-order valence-corrected chi connectivity index (χ2v) is 4.95. The van der Waals surface area contributed by atoms with Gasteiger partial charge < -0.3 is 15.0 Å². The Kier molecular flexibility index (Phi) is 5.21. The molecule has 89 valence electrons. The molecule has 0 aromatic carbocycles. The van der Waals surface area contributed by atoms with E-state index in [2.05, 4.69) is 19.2 Å². The van der Waals surface area contributed by atoms with Gasteiger partial charge in [0.2, 0.25) is 0 Å². The summed E-state index contributed by atoms with van der Waals surface area (Å²) in [6, 6.07) is 0. The van der Waals surface area contributed by atoms with Gasteiger partial charge in [-0.1, -0.05) is 6.54 Å². The summed E-state index contributed by atoms with van der Waals surface area (Å²) in [5.74, 6) is 1.46. The molecule has 2 aliphatic heterocycles. The third-order valence-corrected chi connectivity index (χ3v) is 3.19. The summed E-state index contributed by atoms with van der Waals surface area (Å²) in [6.45, 7) is 7.47. The minimum absolute atomic E-state index is 0. The molecule has 0 spiro atoms. The van der Waals surface area contributed by atoms with E-state index < -0.39 is 0 Å². The van der Waals surface area contributed by atoms with Gasteiger partial charge in [-0.2, -0.15) is 12.8 Å². The normalized spacial score (nSPS) is 25.1. The number of cyclic esters (lactones) is 1. The van der Waals surface area contributed by atoms with Crippen molar-refractivity contribution in [3.05, 3.63) is 5.92 Å². The van der Waals surface area contributed by atoms with E-state index >= 15 is 0 Å². The molecule has 2 aliphatic rings. The smallest absolute Gasteiger partial charge is 0.407 e. The largest absolute Gasteiger partial charge is 0.447 e. The Labute approximate surface area is 122 Å². The molecule has 1 radical (unpaired) electrons. The second-order valence-electron chi connectivity index (χ2n) is 4.95. The average molecular weight is 300 g/mol. The monoisotopic (exact) mass is 300 g/mol. The Balaban J connectivity index is 0.00000128. The van der Waals surface area contributed by atoms with Crippen LogP contribution in [-0.4, -0.2) is 42.8 Å². The fraction of sp³-hybridized carbons (Fsp3) is 0.818. The number of ether oxygens (including phenoxy) is 1. The van der Waals surface area contributed by atoms with Crippen LogP contribution in [0.15, 0.2) is 0 Å². The number of hydrogen-bond donors (Lipinski definition) is 1. The van der Waals surface area contributed by atoms with E-state index in [0.717, 1.165) is 32.5 Å². The molecule has 0 atom stereocenters. The molecule has 0 unspecified atom stereocenters. The van der Waals surface area contributed by atoms with Crippen molar-refractivity contribution in [2.45, 2.75) is 32.2 Å². The summed E-state index contributed by atoms with van der Waals surface area (Å²) in [5, 5.41) is 3.32. The van der Waals surface area contributed by atoms with Crippen LogP contribution in [0.5, 0.6) is 0 Å². The molecule has 2 fully saturated rings. The summed E-state index contributed by atoms with van der Waals surface area (Å²) in [6.07, 6.45) is 2.01. The molecule has 5 heteroatoms. The first-order chi connectivity index (χ1) is 7.09. The summed E-state index contributed by atoms with van der Waals surface area (Å²) in [5.41, 5.74) is -0.144. The van der Waals surface area contributed by atoms with Crippen LogP contribution in [0.25, 0.3) is 0 Å². The van der Waals surface area contributed by atoms with E-state index in [0.29, 0.717) is 6.61 Å². The minimum atomic E-state index is -0.161. The van der Waals surface area contributed by atoms with Crippen molar-refractivity contribution in [2.24, 2.45) is 0 Å². The predicted octanol–water partition coefficient (Wildman–Crippen LogP) is 1.17. The van der Waals surface area contributed by atoms with E-state index in [9.17, 15) is 4.79 Å². The van der Waals surface area contributed by atoms with E-state index in [-0.39, 0.29) is 44.3 Å². The van der Waals surface area contributed by atoms with Crippen molar-refractivity contribution in [1.82, 2.24) is 10.2 Å². The predicted molar refractivity (Wildman–Crippen MR) is 57.5 cm³/mol. The van der Waals surface area contributed by atoms with Crippen LogP contribution >= 0.6 is 0 Å². The topological polar surface area (TPSA) is 41.6 Å². The maximum atomic E-state index is 11.5. The SMILES string of the molecule is CC1(C)COC(=O)N1C[C-]1CCNCC1.[Y]. The Morgan fingerprint density at radius 2 is 2.06 bits per heavy atom. The molecule has 1 N–H and O–H groups in total. The second kappa shape index (κ2) is 5.79. The first-order valence-electron chi connectivity index (χ1n) is 5.58. The summed E-state index contributed by atoms with van der Waals surface area (Å²) < 4.78 is 5.08. The van der Waals surface area contributed by atoms with Gasteiger partial charge in [0, 0.05) is 32.7 Å². The zero-order chi connectivity index (χ0) is 10.9. The molecule has 0 aromatic rings. The molecule has 1 amide bonds. The van der Waals surface area contributed by atoms with Crippen LogP contribution in [0.3, 0.4) is 0 Å². The van der Waals surface area contributed by atoms with Crippen LogP contribution in [0.2, 0.25) is 0 Å². The number of hydrogen-bond acceptors (Lipinski definition) is 3. The van der Waals surface area contributed by atoms with Gasteiger partial charge in [0.1, 0.15) is 6.61 Å². The number of nitrogens with zero attached hydrogens (tertiary/aromatic N) is 1. The molecule has 2 saturated heterocycles. The van der Waals surface area contributed by atoms with Gasteiger partial charge >= 0.3 is 6.09 Å². The third kappa shape index (κ3) is 3.17. The molecule has 2 rings (SSSR count). The molecular formula is C11H19N2O2Y-. The molecule has 0 aliphatic carbocycles. The van der Waals surface area contributed by atoms with Crippen molar-refractivity contribution in [2.75, 3.05) is 26.2 Å². The van der Waals surface area contributed by atoms with Crippen molar-refractivity contribution in [3.8, 4) is 0 Å². The maximum absolute atomic E-state index is 11.5. The Hall–Kier alpha value is 0.334. The fourth-order valence-electron chi connectivity index (χ4n) is 2.08. The quantitative estimate of drug-likeness (QED) is 0.779. The van der Waals surface area contributed by atoms with Crippen LogP contribution in [-0.2, 0) is 37.4 Å². The summed E-state index contributed by atoms with van der Waals surface area (Å²) in [4.78, 5) is 13.4. The van der Waals surface area contributed by atoms with Crippen molar-refractivity contribution in [3.63, 3.8) is 0 Å². The van der Waals surface area contributed by atoms with Crippen LogP contribution in [0.4, 0.5) is 4.79 Å². The van der Waals surface area contributed by atoms with Gasteiger partial charge in [-0.05, 0) is 26.9 Å². The van der Waals surface area contributed by atoms with E-state index in [4.69, 9.17) is 4.74 Å². The fourth-order valence-corrected chi connectivity index (χ4v) is 2.08. The number of amides is 1. The minimum Gasteiger partial charge on any atom is -0.447 e. The Bertz CT molecular complexity index is 252. The van der Waals surface area contributed by atoms with E-state index in [1.165, 1.54) is 5.92 Å². The zero-order valence-corrected chi connectivity index (χ0v) is 12.9. The van der Waals surface area contributed by atoms with Crippen LogP contribution in [0.1, 0.15) is 26.7 Å². The summed E-state index contributed by atoms with van der Waals surface area (Å²) in [7, 11) is 0. The molecule has 16 heavy (non-hydrogen) atoms. The molecular weight excluding hydrogens is 281 g/mol. The Morgan fingerprint density at radius 3 is 2.56 bits per heavy atom. The summed E-state index contributed by atoms with van der Waals surface area (Å²) >= 11 is 0. The van der Waals surface area contributed by atoms with Crippen LogP contribution in [0, 0.1) is 5.92 Å². The van der Waals surface area contributed by atoms with Gasteiger partial charge in [0.15, 0.2) is 0 Å². The molecule has 2 heterocycles. The molecule has 0 saturated carbocycles. The zero-order valence-electron chi connectivity index (χ0n) is 10.1. The maximum Gasteiger partial charge on any atom is 0.407 e. The number of rotatable bonds is 2. The molecule has 4 nitrogen and oxygen atoms in total. The average Bonchev–Trinajstić information content (AvgIpc) is 2.47. The first kappa shape index (κ1) is 14.4. The number of carbonyl (C=O) groups excluding carboxylic acids is 1. The first-order valence-corrected chi connectivity index (χ1v) is 5.58. The van der Waals surface area contributed by atoms with Crippen molar-refractivity contribution >= 4 is 6.09 Å². The molecule has 0 bridgehead atoms. The Morgan fingerprint density at radius 1 is 1.44 bits per heavy atom. The number of carbonyl (C=O) groups is 1. The molecule has 0 aromatic heterocycles. The van der Waals surface area contributed by atoms with Gasteiger partial charge in [-0.25, -0.2) is 4.79 Å². The van der Waals surface area contributed by atoms with Crippen molar-refractivity contribution < 1.29 is 42.2 Å². The van der Waals surface area contributed by atoms with Crippen LogP contribution < -0.4 is 5.32 Å². The number of piperidine rings is 1. The van der Waals surface area contributed by atoms with Gasteiger partial charge in [0.05, 0.1) is 5.54 Å². The third-order valence-electron chi connectivity index (χ3n) is 3.19. The van der Waals surface area contributed by atoms with Gasteiger partial charge in [-0.15, -0.1) is 0 Å². The van der Waals surface area contributed by atoms with Gasteiger partial charge in [0.25, 0.3) is 0 Å². The standard InChI is InChI=1S/C11H19N2O2.Y/c1-11(2)8-15-10(14)13(11)7-9-3-5-12-6-4-9;/h12H,3-8H2,1-2H3;/q-1;. The van der Waals surface area contributed by atoms with E-state index in [1.54, 1.807) is 0 Å². The number of nitrogens with one attached hydrogen (secondary N) is 1.